The van der Waals surface area contributed by atoms with Gasteiger partial charge in [-0.05, 0) is 49.2 Å². The monoisotopic (exact) mass is 573 g/mol. The highest BCUT2D eigenvalue weighted by atomic mass is 32.2. The zero-order valence-corrected chi connectivity index (χ0v) is 24.9. The van der Waals surface area contributed by atoms with Crippen LogP contribution in [0.15, 0.2) is 41.3 Å². The van der Waals surface area contributed by atoms with Crippen LogP contribution in [-0.4, -0.2) is 73.8 Å². The molecule has 3 aromatic rings. The summed E-state index contributed by atoms with van der Waals surface area (Å²) in [5, 5.41) is 3.49. The molecule has 1 aromatic carbocycles. The fourth-order valence-electron chi connectivity index (χ4n) is 5.13. The predicted molar refractivity (Wildman–Crippen MR) is 156 cm³/mol. The maximum atomic E-state index is 13.6. The van der Waals surface area contributed by atoms with E-state index in [1.54, 1.807) is 44.5 Å². The number of benzene rings is 1. The lowest BCUT2D eigenvalue weighted by molar-refractivity contribution is -0.118. The predicted octanol–water partition coefficient (Wildman–Crippen LogP) is 4.96. The standard InChI is InChI=1S/C28H39N5O4S2/c1-5-33(6-2)18-17-32(3)39(35,36)22-13-11-21(12-14-22)23(19-20-9-7-8-10-20)26(34)31-28-29-24-15-16-25(37-4)30-27(24)38-28/h11-16,20,23H,5-10,17-19H2,1-4H3,(H,29,31,34). The van der Waals surface area contributed by atoms with Gasteiger partial charge in [0.2, 0.25) is 21.8 Å². The molecule has 1 aliphatic carbocycles. The van der Waals surface area contributed by atoms with Crippen molar-refractivity contribution in [1.29, 1.82) is 0 Å². The number of hydrogen-bond donors (Lipinski definition) is 1. The summed E-state index contributed by atoms with van der Waals surface area (Å²) < 4.78 is 33.0. The fourth-order valence-corrected chi connectivity index (χ4v) is 7.12. The normalized spacial score (nSPS) is 15.3. The topological polar surface area (TPSA) is 105 Å². The number of thiazole rings is 1. The molecule has 9 nitrogen and oxygen atoms in total. The van der Waals surface area contributed by atoms with Crippen molar-refractivity contribution in [2.24, 2.45) is 5.92 Å². The zero-order chi connectivity index (χ0) is 28.0. The van der Waals surface area contributed by atoms with Crippen LogP contribution < -0.4 is 10.1 Å². The summed E-state index contributed by atoms with van der Waals surface area (Å²) in [7, 11) is -0.446. The Labute approximate surface area is 235 Å². The Morgan fingerprint density at radius 2 is 1.77 bits per heavy atom. The third-order valence-corrected chi connectivity index (χ3v) is 10.4. The van der Waals surface area contributed by atoms with Gasteiger partial charge in [-0.3, -0.25) is 4.79 Å². The Morgan fingerprint density at radius 1 is 1.08 bits per heavy atom. The molecule has 1 atom stereocenters. The lowest BCUT2D eigenvalue weighted by atomic mass is 9.87. The van der Waals surface area contributed by atoms with E-state index in [2.05, 4.69) is 34.0 Å². The molecule has 2 aromatic heterocycles. The average molecular weight is 574 g/mol. The molecule has 0 saturated heterocycles. The summed E-state index contributed by atoms with van der Waals surface area (Å²) in [4.78, 5) is 25.6. The van der Waals surface area contributed by atoms with Crippen LogP contribution in [0.2, 0.25) is 0 Å². The number of sulfonamides is 1. The number of anilines is 1. The van der Waals surface area contributed by atoms with Gasteiger partial charge in [-0.15, -0.1) is 0 Å². The number of ether oxygens (including phenoxy) is 1. The molecule has 1 amide bonds. The van der Waals surface area contributed by atoms with Crippen LogP contribution in [0.4, 0.5) is 5.13 Å². The fraction of sp³-hybridized carbons (Fsp3) is 0.536. The number of likely N-dealkylation sites (N-methyl/N-ethyl adjacent to an activating group) is 2. The van der Waals surface area contributed by atoms with Gasteiger partial charge in [0.05, 0.1) is 17.9 Å². The van der Waals surface area contributed by atoms with Crippen LogP contribution in [0.5, 0.6) is 5.88 Å². The molecule has 1 N–H and O–H groups in total. The van der Waals surface area contributed by atoms with Gasteiger partial charge in [0.1, 0.15) is 10.3 Å². The van der Waals surface area contributed by atoms with E-state index in [0.29, 0.717) is 40.4 Å². The van der Waals surface area contributed by atoms with Gasteiger partial charge in [-0.25, -0.2) is 18.4 Å². The number of carbonyl (C=O) groups is 1. The smallest absolute Gasteiger partial charge is 0.242 e. The molecule has 1 unspecified atom stereocenters. The summed E-state index contributed by atoms with van der Waals surface area (Å²) in [6.45, 7) is 7.00. The summed E-state index contributed by atoms with van der Waals surface area (Å²) in [6.07, 6.45) is 5.30. The minimum Gasteiger partial charge on any atom is -0.481 e. The van der Waals surface area contributed by atoms with Crippen molar-refractivity contribution < 1.29 is 17.9 Å². The first-order valence-electron chi connectivity index (χ1n) is 13.7. The third kappa shape index (κ3) is 7.13. The third-order valence-electron chi connectivity index (χ3n) is 7.65. The Morgan fingerprint density at radius 3 is 2.41 bits per heavy atom. The van der Waals surface area contributed by atoms with Gasteiger partial charge in [-0.2, -0.15) is 4.31 Å². The molecule has 2 heterocycles. The number of nitrogens with one attached hydrogen (secondary N) is 1. The van der Waals surface area contributed by atoms with E-state index in [1.165, 1.54) is 28.5 Å². The van der Waals surface area contributed by atoms with E-state index in [-0.39, 0.29) is 10.8 Å². The van der Waals surface area contributed by atoms with Crippen molar-refractivity contribution in [3.63, 3.8) is 0 Å². The lowest BCUT2D eigenvalue weighted by Crippen LogP contribution is -2.36. The molecule has 0 radical (unpaired) electrons. The number of pyridine rings is 1. The van der Waals surface area contributed by atoms with E-state index in [4.69, 9.17) is 4.74 Å². The molecular formula is C28H39N5O4S2. The second-order valence-electron chi connectivity index (χ2n) is 10.0. The Hall–Kier alpha value is -2.60. The summed E-state index contributed by atoms with van der Waals surface area (Å²) >= 11 is 1.31. The summed E-state index contributed by atoms with van der Waals surface area (Å²) in [5.41, 5.74) is 1.51. The minimum absolute atomic E-state index is 0.139. The highest BCUT2D eigenvalue weighted by molar-refractivity contribution is 7.89. The molecule has 4 rings (SSSR count). The van der Waals surface area contributed by atoms with Crippen LogP contribution in [-0.2, 0) is 14.8 Å². The molecule has 0 bridgehead atoms. The second kappa shape index (κ2) is 13.2. The van der Waals surface area contributed by atoms with E-state index in [1.807, 2.05) is 6.07 Å². The van der Waals surface area contributed by atoms with Crippen LogP contribution in [0.25, 0.3) is 10.3 Å². The first-order valence-corrected chi connectivity index (χ1v) is 15.9. The lowest BCUT2D eigenvalue weighted by Gasteiger charge is -2.23. The molecule has 0 aliphatic heterocycles. The van der Waals surface area contributed by atoms with E-state index >= 15 is 0 Å². The molecule has 1 aliphatic rings. The van der Waals surface area contributed by atoms with Crippen molar-refractivity contribution in [3.05, 3.63) is 42.0 Å². The number of hydrogen-bond acceptors (Lipinski definition) is 8. The molecular weight excluding hydrogens is 534 g/mol. The summed E-state index contributed by atoms with van der Waals surface area (Å²) in [5.74, 6) is 0.424. The van der Waals surface area contributed by atoms with Crippen LogP contribution in [0, 0.1) is 5.92 Å². The maximum Gasteiger partial charge on any atom is 0.242 e. The molecule has 11 heteroatoms. The number of carbonyl (C=O) groups excluding carboxylic acids is 1. The molecule has 39 heavy (non-hydrogen) atoms. The van der Waals surface area contributed by atoms with Crippen LogP contribution in [0.3, 0.4) is 0 Å². The molecule has 1 fully saturated rings. The Balaban J connectivity index is 1.52. The van der Waals surface area contributed by atoms with E-state index in [0.717, 1.165) is 37.9 Å². The highest BCUT2D eigenvalue weighted by Gasteiger charge is 2.28. The van der Waals surface area contributed by atoms with Crippen LogP contribution >= 0.6 is 11.3 Å². The second-order valence-corrected chi connectivity index (χ2v) is 13.1. The molecule has 0 spiro atoms. The van der Waals surface area contributed by atoms with Gasteiger partial charge in [0.15, 0.2) is 5.13 Å². The Kier molecular flexibility index (Phi) is 9.92. The van der Waals surface area contributed by atoms with Crippen LogP contribution in [0.1, 0.15) is 57.4 Å². The van der Waals surface area contributed by atoms with Gasteiger partial charge < -0.3 is 15.0 Å². The van der Waals surface area contributed by atoms with Gasteiger partial charge in [-0.1, -0.05) is 63.0 Å². The number of nitrogens with zero attached hydrogens (tertiary/aromatic N) is 4. The maximum absolute atomic E-state index is 13.6. The first kappa shape index (κ1) is 29.4. The van der Waals surface area contributed by atoms with Crippen molar-refractivity contribution in [1.82, 2.24) is 19.2 Å². The largest absolute Gasteiger partial charge is 0.481 e. The first-order chi connectivity index (χ1) is 18.7. The number of aromatic nitrogens is 2. The number of fused-ring (bicyclic) bond motifs is 1. The molecule has 212 valence electrons. The van der Waals surface area contributed by atoms with Crippen molar-refractivity contribution >= 4 is 42.7 Å². The minimum atomic E-state index is -3.62. The van der Waals surface area contributed by atoms with Crippen molar-refractivity contribution in [2.45, 2.75) is 56.8 Å². The summed E-state index contributed by atoms with van der Waals surface area (Å²) in [6, 6.07) is 10.4. The van der Waals surface area contributed by atoms with E-state index in [9.17, 15) is 13.2 Å². The van der Waals surface area contributed by atoms with E-state index < -0.39 is 15.9 Å². The number of methoxy groups -OCH3 is 1. The zero-order valence-electron chi connectivity index (χ0n) is 23.2. The molecule has 1 saturated carbocycles. The Bertz CT molecular complexity index is 1350. The van der Waals surface area contributed by atoms with Crippen molar-refractivity contribution in [3.8, 4) is 5.88 Å². The van der Waals surface area contributed by atoms with Crippen molar-refractivity contribution in [2.75, 3.05) is 45.7 Å². The number of rotatable bonds is 13. The quantitative estimate of drug-likeness (QED) is 0.308. The average Bonchev–Trinajstić information content (AvgIpc) is 3.61. The SMILES string of the molecule is CCN(CC)CCN(C)S(=O)(=O)c1ccc(C(CC2CCCC2)C(=O)Nc2nc3ccc(OC)nc3s2)cc1. The van der Waals surface area contributed by atoms with Gasteiger partial charge in [0.25, 0.3) is 0 Å². The van der Waals surface area contributed by atoms with Gasteiger partial charge >= 0.3 is 0 Å². The number of amides is 1. The highest BCUT2D eigenvalue weighted by Crippen LogP contribution is 2.36. The van der Waals surface area contributed by atoms with Gasteiger partial charge in [0, 0.05) is 26.2 Å².